The van der Waals surface area contributed by atoms with Gasteiger partial charge >= 0.3 is 0 Å². The molecule has 0 aliphatic heterocycles. The number of fused-ring (bicyclic) bond motifs is 1. The standard InChI is InChI=1S/C14H19N7S/c1-4-11-7-12(15-5-6-22-14-16-8-17-19-14)21-13(18-11)9(2)10(3)20-21/h7-8,15H,4-6H2,1-3H3,(H,16,17,19). The second-order valence-electron chi connectivity index (χ2n) is 5.00. The molecule has 3 heterocycles. The molecule has 0 aliphatic carbocycles. The number of aryl methyl sites for hydroxylation is 3. The minimum absolute atomic E-state index is 0.811. The lowest BCUT2D eigenvalue weighted by Gasteiger charge is -2.09. The highest BCUT2D eigenvalue weighted by molar-refractivity contribution is 7.99. The molecule has 0 aliphatic rings. The Morgan fingerprint density at radius 2 is 2.23 bits per heavy atom. The van der Waals surface area contributed by atoms with Crippen LogP contribution in [0.25, 0.3) is 5.65 Å². The Labute approximate surface area is 132 Å². The van der Waals surface area contributed by atoms with Crippen molar-refractivity contribution < 1.29 is 0 Å². The highest BCUT2D eigenvalue weighted by Crippen LogP contribution is 2.19. The summed E-state index contributed by atoms with van der Waals surface area (Å²) in [5.74, 6) is 1.87. The van der Waals surface area contributed by atoms with Gasteiger partial charge in [0.15, 0.2) is 10.8 Å². The van der Waals surface area contributed by atoms with Crippen LogP contribution in [0, 0.1) is 13.8 Å². The molecule has 0 spiro atoms. The molecule has 0 atom stereocenters. The Kier molecular flexibility index (Phi) is 4.28. The molecule has 3 aromatic rings. The number of H-pyrrole nitrogens is 1. The van der Waals surface area contributed by atoms with E-state index in [9.17, 15) is 0 Å². The van der Waals surface area contributed by atoms with E-state index in [0.29, 0.717) is 0 Å². The van der Waals surface area contributed by atoms with Gasteiger partial charge in [0.05, 0.1) is 5.69 Å². The van der Waals surface area contributed by atoms with Crippen LogP contribution in [-0.2, 0) is 6.42 Å². The number of nitrogens with one attached hydrogen (secondary N) is 2. The zero-order chi connectivity index (χ0) is 15.5. The van der Waals surface area contributed by atoms with Crippen molar-refractivity contribution in [3.63, 3.8) is 0 Å². The first kappa shape index (κ1) is 14.8. The average Bonchev–Trinajstić information content (AvgIpc) is 3.13. The van der Waals surface area contributed by atoms with E-state index in [-0.39, 0.29) is 0 Å². The van der Waals surface area contributed by atoms with Crippen LogP contribution in [0.2, 0.25) is 0 Å². The van der Waals surface area contributed by atoms with Crippen molar-refractivity contribution in [2.75, 3.05) is 17.6 Å². The normalized spacial score (nSPS) is 11.2. The molecule has 7 nitrogen and oxygen atoms in total. The summed E-state index contributed by atoms with van der Waals surface area (Å²) >= 11 is 1.63. The van der Waals surface area contributed by atoms with E-state index >= 15 is 0 Å². The van der Waals surface area contributed by atoms with Gasteiger partial charge in [0, 0.05) is 29.6 Å². The molecule has 0 saturated carbocycles. The van der Waals surface area contributed by atoms with Crippen molar-refractivity contribution in [3.05, 3.63) is 29.3 Å². The molecule has 116 valence electrons. The number of aromatic amines is 1. The molecule has 0 fully saturated rings. The Bertz CT molecular complexity index is 763. The smallest absolute Gasteiger partial charge is 0.183 e. The summed E-state index contributed by atoms with van der Waals surface area (Å²) in [4.78, 5) is 8.77. The molecule has 0 aromatic carbocycles. The van der Waals surface area contributed by atoms with E-state index in [4.69, 9.17) is 0 Å². The number of hydrogen-bond donors (Lipinski definition) is 2. The van der Waals surface area contributed by atoms with Crippen LogP contribution < -0.4 is 5.32 Å². The molecule has 0 saturated heterocycles. The summed E-state index contributed by atoms with van der Waals surface area (Å²) in [6, 6.07) is 2.07. The molecular weight excluding hydrogens is 298 g/mol. The minimum atomic E-state index is 0.811. The van der Waals surface area contributed by atoms with E-state index in [0.717, 1.165) is 52.3 Å². The molecular formula is C14H19N7S. The third-order valence-electron chi connectivity index (χ3n) is 3.51. The molecule has 2 N–H and O–H groups in total. The number of nitrogens with zero attached hydrogens (tertiary/aromatic N) is 5. The van der Waals surface area contributed by atoms with Gasteiger partial charge in [-0.2, -0.15) is 14.7 Å². The highest BCUT2D eigenvalue weighted by Gasteiger charge is 2.11. The van der Waals surface area contributed by atoms with E-state index in [1.165, 1.54) is 6.33 Å². The van der Waals surface area contributed by atoms with Crippen LogP contribution in [0.1, 0.15) is 23.9 Å². The maximum atomic E-state index is 4.68. The number of thioether (sulfide) groups is 1. The Morgan fingerprint density at radius 3 is 2.95 bits per heavy atom. The first-order chi connectivity index (χ1) is 10.7. The number of aromatic nitrogens is 6. The first-order valence-electron chi connectivity index (χ1n) is 7.27. The van der Waals surface area contributed by atoms with E-state index in [1.807, 2.05) is 11.4 Å². The molecule has 22 heavy (non-hydrogen) atoms. The monoisotopic (exact) mass is 317 g/mol. The Balaban J connectivity index is 1.75. The SMILES string of the molecule is CCc1cc(NCCSc2ncn[nH]2)n2nc(C)c(C)c2n1. The topological polar surface area (TPSA) is 83.8 Å². The van der Waals surface area contributed by atoms with Gasteiger partial charge in [-0.25, -0.2) is 9.97 Å². The summed E-state index contributed by atoms with van der Waals surface area (Å²) in [5.41, 5.74) is 4.15. The van der Waals surface area contributed by atoms with Crippen molar-refractivity contribution >= 4 is 23.2 Å². The number of anilines is 1. The third-order valence-corrected chi connectivity index (χ3v) is 4.39. The molecule has 8 heteroatoms. The van der Waals surface area contributed by atoms with Gasteiger partial charge < -0.3 is 5.32 Å². The first-order valence-corrected chi connectivity index (χ1v) is 8.25. The van der Waals surface area contributed by atoms with Crippen LogP contribution >= 0.6 is 11.8 Å². The van der Waals surface area contributed by atoms with E-state index < -0.39 is 0 Å². The number of hydrogen-bond acceptors (Lipinski definition) is 6. The molecule has 0 unspecified atom stereocenters. The van der Waals surface area contributed by atoms with Gasteiger partial charge in [-0.15, -0.1) is 0 Å². The van der Waals surface area contributed by atoms with Gasteiger partial charge in [-0.3, -0.25) is 5.10 Å². The quantitative estimate of drug-likeness (QED) is 0.536. The van der Waals surface area contributed by atoms with Gasteiger partial charge in [-0.1, -0.05) is 18.7 Å². The van der Waals surface area contributed by atoms with Crippen LogP contribution in [0.15, 0.2) is 17.6 Å². The summed E-state index contributed by atoms with van der Waals surface area (Å²) in [6.07, 6.45) is 2.42. The molecule has 0 amide bonds. The van der Waals surface area contributed by atoms with Gasteiger partial charge in [0.2, 0.25) is 0 Å². The van der Waals surface area contributed by atoms with Crippen LogP contribution in [0.4, 0.5) is 5.82 Å². The van der Waals surface area contributed by atoms with Crippen molar-refractivity contribution in [1.29, 1.82) is 0 Å². The molecule has 3 aromatic heterocycles. The summed E-state index contributed by atoms with van der Waals surface area (Å²) in [7, 11) is 0. The van der Waals surface area contributed by atoms with Crippen molar-refractivity contribution in [1.82, 2.24) is 29.8 Å². The van der Waals surface area contributed by atoms with E-state index in [1.54, 1.807) is 11.8 Å². The predicted molar refractivity (Wildman–Crippen MR) is 87.4 cm³/mol. The fourth-order valence-corrected chi connectivity index (χ4v) is 2.81. The fraction of sp³-hybridized carbons (Fsp3) is 0.429. The lowest BCUT2D eigenvalue weighted by Crippen LogP contribution is -2.10. The van der Waals surface area contributed by atoms with Gasteiger partial charge in [0.25, 0.3) is 0 Å². The second-order valence-corrected chi connectivity index (χ2v) is 6.08. The molecule has 3 rings (SSSR count). The Morgan fingerprint density at radius 1 is 1.36 bits per heavy atom. The molecule has 0 radical (unpaired) electrons. The maximum absolute atomic E-state index is 4.68. The van der Waals surface area contributed by atoms with E-state index in [2.05, 4.69) is 50.5 Å². The summed E-state index contributed by atoms with van der Waals surface area (Å²) < 4.78 is 1.89. The van der Waals surface area contributed by atoms with Crippen LogP contribution in [0.3, 0.4) is 0 Å². The predicted octanol–water partition coefficient (Wildman–Crippen LogP) is 2.23. The second kappa shape index (κ2) is 6.35. The fourth-order valence-electron chi connectivity index (χ4n) is 2.18. The van der Waals surface area contributed by atoms with Crippen LogP contribution in [0.5, 0.6) is 0 Å². The third kappa shape index (κ3) is 2.92. The average molecular weight is 317 g/mol. The summed E-state index contributed by atoms with van der Waals surface area (Å²) in [5, 5.41) is 15.5. The highest BCUT2D eigenvalue weighted by atomic mass is 32.2. The largest absolute Gasteiger partial charge is 0.369 e. The van der Waals surface area contributed by atoms with Crippen molar-refractivity contribution in [3.8, 4) is 0 Å². The summed E-state index contributed by atoms with van der Waals surface area (Å²) in [6.45, 7) is 7.00. The minimum Gasteiger partial charge on any atom is -0.369 e. The molecule has 0 bridgehead atoms. The number of rotatable bonds is 6. The van der Waals surface area contributed by atoms with Gasteiger partial charge in [0.1, 0.15) is 12.1 Å². The Hall–Kier alpha value is -2.09. The zero-order valence-corrected chi connectivity index (χ0v) is 13.7. The van der Waals surface area contributed by atoms with Crippen molar-refractivity contribution in [2.45, 2.75) is 32.3 Å². The van der Waals surface area contributed by atoms with Crippen molar-refractivity contribution in [2.24, 2.45) is 0 Å². The zero-order valence-electron chi connectivity index (χ0n) is 12.9. The lowest BCUT2D eigenvalue weighted by atomic mass is 10.2. The lowest BCUT2D eigenvalue weighted by molar-refractivity contribution is 0.893. The van der Waals surface area contributed by atoms with Crippen LogP contribution in [-0.4, -0.2) is 42.1 Å². The maximum Gasteiger partial charge on any atom is 0.183 e. The van der Waals surface area contributed by atoms with Gasteiger partial charge in [-0.05, 0) is 20.3 Å².